The van der Waals surface area contributed by atoms with Gasteiger partial charge in [-0.2, -0.15) is 0 Å². The summed E-state index contributed by atoms with van der Waals surface area (Å²) in [5, 5.41) is 0. The van der Waals surface area contributed by atoms with Crippen LogP contribution in [0.15, 0.2) is 64.1 Å². The van der Waals surface area contributed by atoms with Gasteiger partial charge in [-0.25, -0.2) is 13.4 Å². The number of hydrogen-bond donors (Lipinski definition) is 1. The second-order valence-corrected chi connectivity index (χ2v) is 7.84. The lowest BCUT2D eigenvalue weighted by molar-refractivity contribution is 0.521. The highest BCUT2D eigenvalue weighted by atomic mass is 32.2. The maximum absolute atomic E-state index is 12.5. The molecule has 1 heterocycles. The molecule has 1 N–H and O–H groups in total. The first-order chi connectivity index (χ1) is 11.8. The van der Waals surface area contributed by atoms with E-state index in [4.69, 9.17) is 4.42 Å². The number of nitrogens with one attached hydrogen (secondary N) is 1. The molecule has 25 heavy (non-hydrogen) atoms. The SMILES string of the molecule is Cc1nc(-c2ccc(S(=O)(=O)Nc3ccc(C(C)C)cc3)cc2)co1. The van der Waals surface area contributed by atoms with Gasteiger partial charge in [0.2, 0.25) is 0 Å². The number of hydrogen-bond acceptors (Lipinski definition) is 4. The minimum absolute atomic E-state index is 0.199. The average molecular weight is 356 g/mol. The van der Waals surface area contributed by atoms with Crippen molar-refractivity contribution < 1.29 is 12.8 Å². The van der Waals surface area contributed by atoms with Crippen LogP contribution in [0.25, 0.3) is 11.3 Å². The largest absolute Gasteiger partial charge is 0.449 e. The predicted molar refractivity (Wildman–Crippen MR) is 98.0 cm³/mol. The maximum Gasteiger partial charge on any atom is 0.261 e. The van der Waals surface area contributed by atoms with Crippen molar-refractivity contribution in [3.05, 3.63) is 66.2 Å². The van der Waals surface area contributed by atoms with Crippen LogP contribution in [0.2, 0.25) is 0 Å². The molecule has 3 aromatic rings. The summed E-state index contributed by atoms with van der Waals surface area (Å²) in [6.07, 6.45) is 1.55. The lowest BCUT2D eigenvalue weighted by Gasteiger charge is -2.10. The lowest BCUT2D eigenvalue weighted by atomic mass is 10.0. The smallest absolute Gasteiger partial charge is 0.261 e. The van der Waals surface area contributed by atoms with Gasteiger partial charge in [0.25, 0.3) is 10.0 Å². The molecule has 0 bridgehead atoms. The van der Waals surface area contributed by atoms with Crippen molar-refractivity contribution in [3.8, 4) is 11.3 Å². The molecule has 0 radical (unpaired) electrons. The van der Waals surface area contributed by atoms with Gasteiger partial charge >= 0.3 is 0 Å². The second-order valence-electron chi connectivity index (χ2n) is 6.16. The first kappa shape index (κ1) is 17.2. The fourth-order valence-electron chi connectivity index (χ4n) is 2.45. The van der Waals surface area contributed by atoms with Gasteiger partial charge in [0.05, 0.1) is 4.90 Å². The molecule has 0 amide bonds. The van der Waals surface area contributed by atoms with Crippen LogP contribution in [0.4, 0.5) is 5.69 Å². The number of oxazole rings is 1. The number of aromatic nitrogens is 1. The molecule has 0 unspecified atom stereocenters. The molecule has 3 rings (SSSR count). The van der Waals surface area contributed by atoms with Crippen molar-refractivity contribution in [2.45, 2.75) is 31.6 Å². The van der Waals surface area contributed by atoms with Crippen LogP contribution in [0.1, 0.15) is 31.2 Å². The summed E-state index contributed by atoms with van der Waals surface area (Å²) in [4.78, 5) is 4.43. The molecule has 0 aliphatic heterocycles. The molecule has 0 aliphatic carbocycles. The van der Waals surface area contributed by atoms with E-state index in [2.05, 4.69) is 23.6 Å². The molecule has 130 valence electrons. The number of nitrogens with zero attached hydrogens (tertiary/aromatic N) is 1. The number of aryl methyl sites for hydroxylation is 1. The minimum atomic E-state index is -3.63. The molecule has 0 saturated heterocycles. The molecule has 0 saturated carbocycles. The van der Waals surface area contributed by atoms with Crippen LogP contribution < -0.4 is 4.72 Å². The summed E-state index contributed by atoms with van der Waals surface area (Å²) < 4.78 is 32.8. The van der Waals surface area contributed by atoms with Crippen LogP contribution in [0.3, 0.4) is 0 Å². The Morgan fingerprint density at radius 3 is 2.16 bits per heavy atom. The second kappa shape index (κ2) is 6.72. The van der Waals surface area contributed by atoms with Crippen LogP contribution in [0.5, 0.6) is 0 Å². The zero-order valence-electron chi connectivity index (χ0n) is 14.4. The van der Waals surface area contributed by atoms with Crippen molar-refractivity contribution in [3.63, 3.8) is 0 Å². The minimum Gasteiger partial charge on any atom is -0.449 e. The zero-order valence-corrected chi connectivity index (χ0v) is 15.2. The summed E-state index contributed by atoms with van der Waals surface area (Å²) >= 11 is 0. The van der Waals surface area contributed by atoms with Crippen LogP contribution >= 0.6 is 0 Å². The summed E-state index contributed by atoms with van der Waals surface area (Å²) in [5.74, 6) is 0.969. The third-order valence-corrected chi connectivity index (χ3v) is 5.31. The molecular weight excluding hydrogens is 336 g/mol. The van der Waals surface area contributed by atoms with E-state index in [1.807, 2.05) is 12.1 Å². The lowest BCUT2D eigenvalue weighted by Crippen LogP contribution is -2.12. The molecule has 0 aliphatic rings. The Labute approximate surface area is 147 Å². The molecule has 0 atom stereocenters. The average Bonchev–Trinajstić information content (AvgIpc) is 3.01. The Hall–Kier alpha value is -2.60. The van der Waals surface area contributed by atoms with Crippen molar-refractivity contribution in [2.24, 2.45) is 0 Å². The molecule has 2 aromatic carbocycles. The van der Waals surface area contributed by atoms with E-state index in [1.54, 1.807) is 49.6 Å². The Morgan fingerprint density at radius 2 is 1.64 bits per heavy atom. The van der Waals surface area contributed by atoms with Gasteiger partial charge in [0.15, 0.2) is 5.89 Å². The van der Waals surface area contributed by atoms with Gasteiger partial charge in [0.1, 0.15) is 12.0 Å². The number of sulfonamides is 1. The van der Waals surface area contributed by atoms with Crippen LogP contribution in [0, 0.1) is 6.92 Å². The highest BCUT2D eigenvalue weighted by Gasteiger charge is 2.15. The summed E-state index contributed by atoms with van der Waals surface area (Å²) in [6, 6.07) is 14.0. The Morgan fingerprint density at radius 1 is 1.00 bits per heavy atom. The van der Waals surface area contributed by atoms with E-state index >= 15 is 0 Å². The van der Waals surface area contributed by atoms with Crippen LogP contribution in [-0.2, 0) is 10.0 Å². The Bertz CT molecular complexity index is 957. The number of benzene rings is 2. The van der Waals surface area contributed by atoms with Crippen LogP contribution in [-0.4, -0.2) is 13.4 Å². The maximum atomic E-state index is 12.5. The third kappa shape index (κ3) is 3.91. The molecule has 1 aromatic heterocycles. The predicted octanol–water partition coefficient (Wildman–Crippen LogP) is 4.57. The fourth-order valence-corrected chi connectivity index (χ4v) is 3.51. The monoisotopic (exact) mass is 356 g/mol. The normalized spacial score (nSPS) is 11.7. The Balaban J connectivity index is 1.80. The van der Waals surface area contributed by atoms with E-state index in [0.29, 0.717) is 23.2 Å². The van der Waals surface area contributed by atoms with E-state index in [9.17, 15) is 8.42 Å². The zero-order chi connectivity index (χ0) is 18.0. The van der Waals surface area contributed by atoms with Crippen molar-refractivity contribution in [1.82, 2.24) is 4.98 Å². The van der Waals surface area contributed by atoms with Gasteiger partial charge in [-0.05, 0) is 35.7 Å². The summed E-state index contributed by atoms with van der Waals surface area (Å²) in [5.41, 5.74) is 3.19. The summed E-state index contributed by atoms with van der Waals surface area (Å²) in [6.45, 7) is 5.95. The highest BCUT2D eigenvalue weighted by Crippen LogP contribution is 2.23. The van der Waals surface area contributed by atoms with Gasteiger partial charge in [-0.1, -0.05) is 38.1 Å². The highest BCUT2D eigenvalue weighted by molar-refractivity contribution is 7.92. The van der Waals surface area contributed by atoms with Crippen molar-refractivity contribution in [2.75, 3.05) is 4.72 Å². The van der Waals surface area contributed by atoms with Crippen molar-refractivity contribution >= 4 is 15.7 Å². The first-order valence-corrected chi connectivity index (χ1v) is 9.49. The van der Waals surface area contributed by atoms with Gasteiger partial charge in [0, 0.05) is 18.2 Å². The van der Waals surface area contributed by atoms with Gasteiger partial charge < -0.3 is 4.42 Å². The van der Waals surface area contributed by atoms with E-state index in [-0.39, 0.29) is 4.90 Å². The Kier molecular flexibility index (Phi) is 4.63. The molecule has 6 heteroatoms. The molecular formula is C19H20N2O3S. The fraction of sp³-hybridized carbons (Fsp3) is 0.211. The topological polar surface area (TPSA) is 72.2 Å². The third-order valence-electron chi connectivity index (χ3n) is 3.91. The first-order valence-electron chi connectivity index (χ1n) is 8.00. The van der Waals surface area contributed by atoms with Crippen molar-refractivity contribution in [1.29, 1.82) is 0 Å². The number of anilines is 1. The molecule has 0 spiro atoms. The molecule has 5 nitrogen and oxygen atoms in total. The van der Waals surface area contributed by atoms with Gasteiger partial charge in [-0.3, -0.25) is 4.72 Å². The van der Waals surface area contributed by atoms with E-state index in [1.165, 1.54) is 0 Å². The number of rotatable bonds is 5. The standard InChI is InChI=1S/C19H20N2O3S/c1-13(2)15-4-8-17(9-5-15)21-25(22,23)18-10-6-16(7-11-18)19-12-24-14(3)20-19/h4-13,21H,1-3H3. The van der Waals surface area contributed by atoms with E-state index in [0.717, 1.165) is 11.1 Å². The van der Waals surface area contributed by atoms with Gasteiger partial charge in [-0.15, -0.1) is 0 Å². The quantitative estimate of drug-likeness (QED) is 0.726. The summed E-state index contributed by atoms with van der Waals surface area (Å²) in [7, 11) is -3.63. The van der Waals surface area contributed by atoms with E-state index < -0.39 is 10.0 Å². The molecule has 0 fully saturated rings.